The fourth-order valence-corrected chi connectivity index (χ4v) is 0.740. The molecule has 0 aromatic carbocycles. The Morgan fingerprint density at radius 1 is 1.46 bits per heavy atom. The summed E-state index contributed by atoms with van der Waals surface area (Å²) in [5, 5.41) is 0. The lowest BCUT2D eigenvalue weighted by Crippen LogP contribution is -2.21. The van der Waals surface area contributed by atoms with Crippen LogP contribution in [0.25, 0.3) is 0 Å². The van der Waals surface area contributed by atoms with Gasteiger partial charge in [-0.2, -0.15) is 0 Å². The third-order valence-electron chi connectivity index (χ3n) is 1.36. The Morgan fingerprint density at radius 3 is 2.62 bits per heavy atom. The molecule has 1 aromatic rings. The van der Waals surface area contributed by atoms with Crippen molar-refractivity contribution in [2.45, 2.75) is 19.8 Å². The predicted octanol–water partition coefficient (Wildman–Crippen LogP) is 2.42. The Bertz CT molecular complexity index is 266. The van der Waals surface area contributed by atoms with E-state index in [1.54, 1.807) is 18.3 Å². The van der Waals surface area contributed by atoms with Crippen LogP contribution in [-0.2, 0) is 0 Å². The molecule has 72 valence electrons. The van der Waals surface area contributed by atoms with E-state index in [1.807, 2.05) is 6.92 Å². The van der Waals surface area contributed by atoms with Crippen molar-refractivity contribution in [2.75, 3.05) is 6.61 Å². The highest BCUT2D eigenvalue weighted by molar-refractivity contribution is 5.16. The molecule has 0 unspecified atom stereocenters. The molecule has 1 heterocycles. The van der Waals surface area contributed by atoms with E-state index in [1.165, 1.54) is 0 Å². The van der Waals surface area contributed by atoms with E-state index in [0.717, 1.165) is 12.5 Å². The summed E-state index contributed by atoms with van der Waals surface area (Å²) in [5.74, 6) is -2.58. The average molecular weight is 187 g/mol. The van der Waals surface area contributed by atoms with Crippen molar-refractivity contribution in [3.63, 3.8) is 0 Å². The van der Waals surface area contributed by atoms with Gasteiger partial charge in [0.2, 0.25) is 5.88 Å². The van der Waals surface area contributed by atoms with Crippen LogP contribution in [-0.4, -0.2) is 17.5 Å². The number of hydrogen-bond acceptors (Lipinski definition) is 2. The highest BCUT2D eigenvalue weighted by Gasteiger charge is 2.22. The number of aromatic nitrogens is 1. The third-order valence-corrected chi connectivity index (χ3v) is 1.36. The maximum absolute atomic E-state index is 12.3. The van der Waals surface area contributed by atoms with E-state index in [9.17, 15) is 8.78 Å². The van der Waals surface area contributed by atoms with Gasteiger partial charge < -0.3 is 4.74 Å². The molecular formula is C9H11F2NO. The largest absolute Gasteiger partial charge is 0.471 e. The van der Waals surface area contributed by atoms with Crippen LogP contribution in [0, 0.1) is 6.92 Å². The van der Waals surface area contributed by atoms with Crippen molar-refractivity contribution in [1.29, 1.82) is 0 Å². The quantitative estimate of drug-likeness (QED) is 0.725. The fraction of sp³-hybridized carbons (Fsp3) is 0.444. The minimum Gasteiger partial charge on any atom is -0.471 e. The summed E-state index contributed by atoms with van der Waals surface area (Å²) >= 11 is 0. The average Bonchev–Trinajstić information content (AvgIpc) is 2.02. The molecule has 0 radical (unpaired) electrons. The lowest BCUT2D eigenvalue weighted by atomic mass is 10.3. The minimum absolute atomic E-state index is 0.229. The molecule has 1 aromatic heterocycles. The summed E-state index contributed by atoms with van der Waals surface area (Å²) in [6, 6.07) is 3.33. The Kier molecular flexibility index (Phi) is 2.80. The Morgan fingerprint density at radius 2 is 2.15 bits per heavy atom. The SMILES string of the molecule is Cc1ccc(OCC(C)(F)F)nc1. The second-order valence-electron chi connectivity index (χ2n) is 3.03. The number of hydrogen-bond donors (Lipinski definition) is 0. The molecule has 0 N–H and O–H groups in total. The number of pyridine rings is 1. The summed E-state index contributed by atoms with van der Waals surface area (Å²) in [6.07, 6.45) is 1.57. The molecule has 0 atom stereocenters. The van der Waals surface area contributed by atoms with Gasteiger partial charge in [-0.25, -0.2) is 13.8 Å². The predicted molar refractivity (Wildman–Crippen MR) is 45.1 cm³/mol. The number of halogens is 2. The van der Waals surface area contributed by atoms with E-state index in [2.05, 4.69) is 4.98 Å². The second kappa shape index (κ2) is 3.68. The zero-order chi connectivity index (χ0) is 9.90. The summed E-state index contributed by atoms with van der Waals surface area (Å²) < 4.78 is 29.4. The molecule has 0 spiro atoms. The molecule has 0 fully saturated rings. The van der Waals surface area contributed by atoms with Gasteiger partial charge in [0, 0.05) is 19.2 Å². The van der Waals surface area contributed by atoms with Gasteiger partial charge in [0.05, 0.1) is 0 Å². The van der Waals surface area contributed by atoms with Crippen LogP contribution >= 0.6 is 0 Å². The molecule has 0 aliphatic heterocycles. The first-order valence-corrected chi connectivity index (χ1v) is 3.91. The first kappa shape index (κ1) is 9.89. The standard InChI is InChI=1S/C9H11F2NO/c1-7-3-4-8(12-5-7)13-6-9(2,10)11/h3-5H,6H2,1-2H3. The Hall–Kier alpha value is -1.19. The number of nitrogens with zero attached hydrogens (tertiary/aromatic N) is 1. The van der Waals surface area contributed by atoms with E-state index >= 15 is 0 Å². The first-order chi connectivity index (χ1) is 5.97. The molecule has 1 rings (SSSR count). The van der Waals surface area contributed by atoms with Crippen molar-refractivity contribution in [3.8, 4) is 5.88 Å². The maximum atomic E-state index is 12.3. The van der Waals surface area contributed by atoms with Crippen LogP contribution in [0.2, 0.25) is 0 Å². The molecule has 4 heteroatoms. The molecule has 0 aliphatic rings. The zero-order valence-corrected chi connectivity index (χ0v) is 7.55. The van der Waals surface area contributed by atoms with E-state index in [0.29, 0.717) is 0 Å². The van der Waals surface area contributed by atoms with E-state index in [4.69, 9.17) is 4.74 Å². The van der Waals surface area contributed by atoms with Crippen LogP contribution in [0.3, 0.4) is 0 Å². The van der Waals surface area contributed by atoms with Crippen LogP contribution in [0.1, 0.15) is 12.5 Å². The van der Waals surface area contributed by atoms with Crippen molar-refractivity contribution in [1.82, 2.24) is 4.98 Å². The fourth-order valence-electron chi connectivity index (χ4n) is 0.740. The molecule has 0 bridgehead atoms. The smallest absolute Gasteiger partial charge is 0.278 e. The lowest BCUT2D eigenvalue weighted by Gasteiger charge is -2.10. The number of alkyl halides is 2. The van der Waals surface area contributed by atoms with E-state index < -0.39 is 12.5 Å². The Balaban J connectivity index is 2.51. The summed E-state index contributed by atoms with van der Waals surface area (Å²) in [4.78, 5) is 3.83. The van der Waals surface area contributed by atoms with Crippen LogP contribution in [0.4, 0.5) is 8.78 Å². The first-order valence-electron chi connectivity index (χ1n) is 3.91. The van der Waals surface area contributed by atoms with Crippen molar-refractivity contribution >= 4 is 0 Å². The van der Waals surface area contributed by atoms with Crippen LogP contribution < -0.4 is 4.74 Å². The van der Waals surface area contributed by atoms with E-state index in [-0.39, 0.29) is 5.88 Å². The second-order valence-corrected chi connectivity index (χ2v) is 3.03. The molecule has 0 aliphatic carbocycles. The number of ether oxygens (including phenoxy) is 1. The topological polar surface area (TPSA) is 22.1 Å². The van der Waals surface area contributed by atoms with Gasteiger partial charge in [-0.1, -0.05) is 6.07 Å². The summed E-state index contributed by atoms with van der Waals surface area (Å²) in [5.41, 5.74) is 0.968. The molecule has 0 saturated carbocycles. The molecule has 2 nitrogen and oxygen atoms in total. The normalized spacial score (nSPS) is 11.4. The van der Waals surface area contributed by atoms with Gasteiger partial charge in [-0.05, 0) is 12.5 Å². The van der Waals surface area contributed by atoms with Crippen molar-refractivity contribution in [3.05, 3.63) is 23.9 Å². The van der Waals surface area contributed by atoms with Crippen molar-refractivity contribution < 1.29 is 13.5 Å². The molecular weight excluding hydrogens is 176 g/mol. The van der Waals surface area contributed by atoms with Crippen LogP contribution in [0.5, 0.6) is 5.88 Å². The van der Waals surface area contributed by atoms with Gasteiger partial charge >= 0.3 is 0 Å². The highest BCUT2D eigenvalue weighted by atomic mass is 19.3. The van der Waals surface area contributed by atoms with Crippen molar-refractivity contribution in [2.24, 2.45) is 0 Å². The van der Waals surface area contributed by atoms with Gasteiger partial charge in [-0.3, -0.25) is 0 Å². The molecule has 0 amide bonds. The van der Waals surface area contributed by atoms with Gasteiger partial charge in [-0.15, -0.1) is 0 Å². The van der Waals surface area contributed by atoms with Gasteiger partial charge in [0.15, 0.2) is 6.61 Å². The molecule has 0 saturated heterocycles. The monoisotopic (exact) mass is 187 g/mol. The van der Waals surface area contributed by atoms with Crippen LogP contribution in [0.15, 0.2) is 18.3 Å². The summed E-state index contributed by atoms with van der Waals surface area (Å²) in [6.45, 7) is 2.04. The minimum atomic E-state index is -2.81. The number of rotatable bonds is 3. The lowest BCUT2D eigenvalue weighted by molar-refractivity contribution is -0.0242. The Labute approximate surface area is 75.6 Å². The zero-order valence-electron chi connectivity index (χ0n) is 7.55. The number of aryl methyl sites for hydroxylation is 1. The van der Waals surface area contributed by atoms with Gasteiger partial charge in [0.25, 0.3) is 5.92 Å². The summed E-state index contributed by atoms with van der Waals surface area (Å²) in [7, 11) is 0. The van der Waals surface area contributed by atoms with Gasteiger partial charge in [0.1, 0.15) is 0 Å². The maximum Gasteiger partial charge on any atom is 0.278 e. The highest BCUT2D eigenvalue weighted by Crippen LogP contribution is 2.14. The third kappa shape index (κ3) is 3.83. The molecule has 13 heavy (non-hydrogen) atoms.